The van der Waals surface area contributed by atoms with Crippen LogP contribution in [0.5, 0.6) is 0 Å². The van der Waals surface area contributed by atoms with Gasteiger partial charge in [-0.3, -0.25) is 0 Å². The fourth-order valence-electron chi connectivity index (χ4n) is 1.44. The zero-order valence-electron chi connectivity index (χ0n) is 7.44. The predicted molar refractivity (Wildman–Crippen MR) is 62.0 cm³/mol. The Bertz CT molecular complexity index is 620. The lowest BCUT2D eigenvalue weighted by molar-refractivity contribution is 0.610. The van der Waals surface area contributed by atoms with E-state index in [2.05, 4.69) is 0 Å². The highest BCUT2D eigenvalue weighted by Gasteiger charge is 2.13. The lowest BCUT2D eigenvalue weighted by atomic mass is 10.1. The molecule has 2 aromatic carbocycles. The van der Waals surface area contributed by atoms with Crippen LogP contribution in [0.2, 0.25) is 5.02 Å². The molecule has 0 radical (unpaired) electrons. The van der Waals surface area contributed by atoms with Crippen LogP contribution in [-0.2, 0) is 9.05 Å². The second kappa shape index (κ2) is 3.67. The zero-order valence-corrected chi connectivity index (χ0v) is 9.77. The molecule has 2 aromatic rings. The van der Waals surface area contributed by atoms with Gasteiger partial charge in [0.05, 0.1) is 4.90 Å². The van der Waals surface area contributed by atoms with Crippen molar-refractivity contribution >= 4 is 42.1 Å². The third-order valence-corrected chi connectivity index (χ3v) is 3.68. The minimum absolute atomic E-state index is 0.110. The molecule has 0 aliphatic carbocycles. The maximum absolute atomic E-state index is 11.3. The van der Waals surface area contributed by atoms with Gasteiger partial charge in [0.1, 0.15) is 0 Å². The summed E-state index contributed by atoms with van der Waals surface area (Å²) in [6, 6.07) is 9.87. The molecule has 0 saturated heterocycles. The Hall–Kier alpha value is -0.770. The highest BCUT2D eigenvalue weighted by Crippen LogP contribution is 2.27. The average molecular weight is 261 g/mol. The summed E-state index contributed by atoms with van der Waals surface area (Å²) in [7, 11) is 1.60. The maximum atomic E-state index is 11.3. The van der Waals surface area contributed by atoms with Crippen molar-refractivity contribution < 1.29 is 8.42 Å². The highest BCUT2D eigenvalue weighted by atomic mass is 35.7. The molecule has 0 fully saturated rings. The van der Waals surface area contributed by atoms with Crippen molar-refractivity contribution in [2.24, 2.45) is 0 Å². The van der Waals surface area contributed by atoms with Crippen LogP contribution in [0.25, 0.3) is 10.8 Å². The summed E-state index contributed by atoms with van der Waals surface area (Å²) < 4.78 is 22.5. The van der Waals surface area contributed by atoms with Crippen molar-refractivity contribution in [2.45, 2.75) is 4.90 Å². The Labute approximate surface area is 96.8 Å². The summed E-state index contributed by atoms with van der Waals surface area (Å²) >= 11 is 5.80. The lowest BCUT2D eigenvalue weighted by Gasteiger charge is -2.03. The number of hydrogen-bond donors (Lipinski definition) is 0. The van der Waals surface area contributed by atoms with Crippen LogP contribution in [0.3, 0.4) is 0 Å². The molecule has 0 aromatic heterocycles. The van der Waals surface area contributed by atoms with Crippen LogP contribution in [0, 0.1) is 0 Å². The van der Waals surface area contributed by atoms with E-state index in [1.54, 1.807) is 30.3 Å². The normalized spacial score (nSPS) is 11.9. The van der Waals surface area contributed by atoms with E-state index in [4.69, 9.17) is 22.3 Å². The van der Waals surface area contributed by atoms with Gasteiger partial charge in [0.25, 0.3) is 9.05 Å². The maximum Gasteiger partial charge on any atom is 0.261 e. The molecule has 2 rings (SSSR count). The number of halogens is 2. The molecular formula is C10H6Cl2O2S. The second-order valence-corrected chi connectivity index (χ2v) is 6.03. The molecule has 0 atom stereocenters. The minimum Gasteiger partial charge on any atom is -0.207 e. The molecule has 0 unspecified atom stereocenters. The molecule has 0 spiro atoms. The van der Waals surface area contributed by atoms with Gasteiger partial charge in [0, 0.05) is 21.1 Å². The minimum atomic E-state index is -3.71. The summed E-state index contributed by atoms with van der Waals surface area (Å²) in [5.74, 6) is 0. The third kappa shape index (κ3) is 2.09. The van der Waals surface area contributed by atoms with Gasteiger partial charge in [-0.1, -0.05) is 29.8 Å². The van der Waals surface area contributed by atoms with Crippen molar-refractivity contribution in [3.8, 4) is 0 Å². The molecule has 0 saturated carbocycles. The van der Waals surface area contributed by atoms with Crippen LogP contribution in [-0.4, -0.2) is 8.42 Å². The molecule has 78 valence electrons. The zero-order chi connectivity index (χ0) is 11.1. The molecule has 2 nitrogen and oxygen atoms in total. The van der Waals surface area contributed by atoms with E-state index >= 15 is 0 Å². The number of rotatable bonds is 1. The van der Waals surface area contributed by atoms with Gasteiger partial charge in [-0.05, 0) is 23.6 Å². The fourth-order valence-corrected chi connectivity index (χ4v) is 2.71. The van der Waals surface area contributed by atoms with Gasteiger partial charge in [-0.15, -0.1) is 0 Å². The highest BCUT2D eigenvalue weighted by molar-refractivity contribution is 8.14. The molecule has 0 bridgehead atoms. The SMILES string of the molecule is O=S(=O)(Cl)c1cccc2cc(Cl)ccc12. The van der Waals surface area contributed by atoms with E-state index in [-0.39, 0.29) is 4.90 Å². The molecule has 5 heteroatoms. The average Bonchev–Trinajstić information content (AvgIpc) is 2.15. The van der Waals surface area contributed by atoms with Gasteiger partial charge in [-0.2, -0.15) is 0 Å². The Kier molecular flexibility index (Phi) is 2.63. The first kappa shape index (κ1) is 10.7. The van der Waals surface area contributed by atoms with Crippen LogP contribution >= 0.6 is 22.3 Å². The lowest BCUT2D eigenvalue weighted by Crippen LogP contribution is -1.91. The topological polar surface area (TPSA) is 34.1 Å². The molecule has 0 N–H and O–H groups in total. The van der Waals surface area contributed by atoms with E-state index in [1.165, 1.54) is 6.07 Å². The fraction of sp³-hybridized carbons (Fsp3) is 0. The summed E-state index contributed by atoms with van der Waals surface area (Å²) in [5.41, 5.74) is 0. The van der Waals surface area contributed by atoms with E-state index in [0.717, 1.165) is 5.39 Å². The third-order valence-electron chi connectivity index (χ3n) is 2.07. The van der Waals surface area contributed by atoms with Gasteiger partial charge in [0.2, 0.25) is 0 Å². The van der Waals surface area contributed by atoms with Crippen molar-refractivity contribution in [3.63, 3.8) is 0 Å². The van der Waals surface area contributed by atoms with Gasteiger partial charge in [0.15, 0.2) is 0 Å². The van der Waals surface area contributed by atoms with Gasteiger partial charge < -0.3 is 0 Å². The van der Waals surface area contributed by atoms with Crippen LogP contribution < -0.4 is 0 Å². The van der Waals surface area contributed by atoms with E-state index in [1.807, 2.05) is 0 Å². The van der Waals surface area contributed by atoms with Crippen LogP contribution in [0.1, 0.15) is 0 Å². The van der Waals surface area contributed by atoms with E-state index in [0.29, 0.717) is 10.4 Å². The Morgan fingerprint density at radius 1 is 1.07 bits per heavy atom. The van der Waals surface area contributed by atoms with E-state index in [9.17, 15) is 8.42 Å². The van der Waals surface area contributed by atoms with Crippen LogP contribution in [0.15, 0.2) is 41.3 Å². The van der Waals surface area contributed by atoms with Gasteiger partial charge >= 0.3 is 0 Å². The largest absolute Gasteiger partial charge is 0.261 e. The quantitative estimate of drug-likeness (QED) is 0.737. The van der Waals surface area contributed by atoms with Crippen molar-refractivity contribution in [2.75, 3.05) is 0 Å². The van der Waals surface area contributed by atoms with E-state index < -0.39 is 9.05 Å². The molecule has 0 aliphatic rings. The number of benzene rings is 2. The smallest absolute Gasteiger partial charge is 0.207 e. The summed E-state index contributed by atoms with van der Waals surface area (Å²) in [6.45, 7) is 0. The second-order valence-electron chi connectivity index (χ2n) is 3.06. The first-order valence-corrected chi connectivity index (χ1v) is 6.80. The van der Waals surface area contributed by atoms with Crippen molar-refractivity contribution in [1.29, 1.82) is 0 Å². The molecule has 0 heterocycles. The van der Waals surface area contributed by atoms with Crippen LogP contribution in [0.4, 0.5) is 0 Å². The Morgan fingerprint density at radius 2 is 1.80 bits per heavy atom. The monoisotopic (exact) mass is 260 g/mol. The van der Waals surface area contributed by atoms with Crippen molar-refractivity contribution in [3.05, 3.63) is 41.4 Å². The predicted octanol–water partition coefficient (Wildman–Crippen LogP) is 3.42. The Balaban J connectivity index is 2.89. The first-order chi connectivity index (χ1) is 6.98. The summed E-state index contributed by atoms with van der Waals surface area (Å²) in [6.07, 6.45) is 0. The molecule has 0 aliphatic heterocycles. The Morgan fingerprint density at radius 3 is 2.47 bits per heavy atom. The molecule has 0 amide bonds. The molecular weight excluding hydrogens is 255 g/mol. The summed E-state index contributed by atoms with van der Waals surface area (Å²) in [5, 5.41) is 1.90. The standard InChI is InChI=1S/C10H6Cl2O2S/c11-8-4-5-9-7(6-8)2-1-3-10(9)15(12,13)14/h1-6H. The summed E-state index contributed by atoms with van der Waals surface area (Å²) in [4.78, 5) is 0.110. The number of fused-ring (bicyclic) bond motifs is 1. The molecule has 15 heavy (non-hydrogen) atoms. The van der Waals surface area contributed by atoms with Crippen molar-refractivity contribution in [1.82, 2.24) is 0 Å². The number of hydrogen-bond acceptors (Lipinski definition) is 2. The first-order valence-electron chi connectivity index (χ1n) is 4.11. The van der Waals surface area contributed by atoms with Gasteiger partial charge in [-0.25, -0.2) is 8.42 Å².